The van der Waals surface area contributed by atoms with Crippen LogP contribution >= 0.6 is 0 Å². The summed E-state index contributed by atoms with van der Waals surface area (Å²) in [4.78, 5) is 31.2. The molecule has 0 atom stereocenters. The van der Waals surface area contributed by atoms with E-state index >= 15 is 0 Å². The lowest BCUT2D eigenvalue weighted by Gasteiger charge is -2.36. The van der Waals surface area contributed by atoms with Gasteiger partial charge in [-0.25, -0.2) is 9.18 Å². The fourth-order valence-corrected chi connectivity index (χ4v) is 5.49. The molecule has 1 saturated heterocycles. The summed E-state index contributed by atoms with van der Waals surface area (Å²) < 4.78 is 20.0. The zero-order valence-electron chi connectivity index (χ0n) is 24.2. The Morgan fingerprint density at radius 1 is 1.05 bits per heavy atom. The minimum atomic E-state index is -0.718. The average molecular weight is 571 g/mol. The Labute approximate surface area is 244 Å². The normalized spacial score (nSPS) is 14.2. The molecule has 0 radical (unpaired) electrons. The average Bonchev–Trinajstić information content (AvgIpc) is 2.91. The van der Waals surface area contributed by atoms with Gasteiger partial charge in [0.25, 0.3) is 5.91 Å². The van der Waals surface area contributed by atoms with Crippen LogP contribution in [0.5, 0.6) is 5.75 Å². The van der Waals surface area contributed by atoms with Crippen LogP contribution in [0, 0.1) is 12.7 Å². The highest BCUT2D eigenvalue weighted by atomic mass is 19.1. The number of primary amides is 1. The number of amides is 2. The Morgan fingerprint density at radius 3 is 2.45 bits per heavy atom. The maximum Gasteiger partial charge on any atom is 0.407 e. The van der Waals surface area contributed by atoms with Crippen molar-refractivity contribution in [2.24, 2.45) is 5.73 Å². The van der Waals surface area contributed by atoms with E-state index in [0.29, 0.717) is 42.6 Å². The minimum Gasteiger partial charge on any atom is -0.506 e. The molecule has 0 saturated carbocycles. The SMILES string of the molecule is Cc1cc(F)cc(-c2cnc3ccc(-c4cccc(C(N)=O)c4O)cc3c2N2CCC(NC(=O)OC(C)(C)C)CC2)c1. The smallest absolute Gasteiger partial charge is 0.407 e. The molecule has 1 aliphatic rings. The molecule has 8 nitrogen and oxygen atoms in total. The molecule has 1 fully saturated rings. The summed E-state index contributed by atoms with van der Waals surface area (Å²) in [6, 6.07) is 15.4. The first-order chi connectivity index (χ1) is 19.9. The number of nitrogens with two attached hydrogens (primary N) is 1. The number of ether oxygens (including phenoxy) is 1. The lowest BCUT2D eigenvalue weighted by Crippen LogP contribution is -2.46. The van der Waals surface area contributed by atoms with Gasteiger partial charge in [-0.2, -0.15) is 0 Å². The summed E-state index contributed by atoms with van der Waals surface area (Å²) in [6.45, 7) is 8.61. The monoisotopic (exact) mass is 570 g/mol. The first kappa shape index (κ1) is 28.9. The van der Waals surface area contributed by atoms with Crippen LogP contribution in [-0.2, 0) is 4.74 Å². The molecule has 3 aromatic carbocycles. The van der Waals surface area contributed by atoms with E-state index in [1.807, 2.05) is 52.0 Å². The number of pyridine rings is 1. The topological polar surface area (TPSA) is 118 Å². The van der Waals surface area contributed by atoms with Crippen LogP contribution < -0.4 is 16.0 Å². The van der Waals surface area contributed by atoms with Crippen molar-refractivity contribution in [2.45, 2.75) is 52.2 Å². The second-order valence-electron chi connectivity index (χ2n) is 11.7. The van der Waals surface area contributed by atoms with Gasteiger partial charge in [0.15, 0.2) is 0 Å². The number of benzene rings is 3. The van der Waals surface area contributed by atoms with Crippen LogP contribution in [0.15, 0.2) is 60.8 Å². The van der Waals surface area contributed by atoms with Crippen molar-refractivity contribution in [2.75, 3.05) is 18.0 Å². The number of halogens is 1. The molecule has 2 amide bonds. The van der Waals surface area contributed by atoms with E-state index in [1.165, 1.54) is 18.2 Å². The van der Waals surface area contributed by atoms with Crippen molar-refractivity contribution >= 4 is 28.6 Å². The largest absolute Gasteiger partial charge is 0.506 e. The number of rotatable bonds is 5. The van der Waals surface area contributed by atoms with E-state index in [4.69, 9.17) is 15.5 Å². The summed E-state index contributed by atoms with van der Waals surface area (Å²) in [6.07, 6.45) is 2.70. The number of carbonyl (C=O) groups is 2. The number of fused-ring (bicyclic) bond motifs is 1. The van der Waals surface area contributed by atoms with E-state index in [2.05, 4.69) is 10.2 Å². The molecule has 0 bridgehead atoms. The highest BCUT2D eigenvalue weighted by Crippen LogP contribution is 2.41. The first-order valence-corrected chi connectivity index (χ1v) is 14.0. The predicted molar refractivity (Wildman–Crippen MR) is 162 cm³/mol. The molecule has 218 valence electrons. The Hall–Kier alpha value is -4.66. The van der Waals surface area contributed by atoms with Crippen molar-refractivity contribution in [3.8, 4) is 28.0 Å². The summed E-state index contributed by atoms with van der Waals surface area (Å²) in [5.41, 5.74) is 9.95. The molecule has 42 heavy (non-hydrogen) atoms. The van der Waals surface area contributed by atoms with Gasteiger partial charge >= 0.3 is 6.09 Å². The van der Waals surface area contributed by atoms with Crippen molar-refractivity contribution in [1.82, 2.24) is 10.3 Å². The number of anilines is 1. The third-order valence-corrected chi connectivity index (χ3v) is 7.34. The van der Waals surface area contributed by atoms with Gasteiger partial charge in [-0.15, -0.1) is 0 Å². The Balaban J connectivity index is 1.58. The number of nitrogens with zero attached hydrogens (tertiary/aromatic N) is 2. The van der Waals surface area contributed by atoms with Crippen LogP contribution in [0.25, 0.3) is 33.2 Å². The number of nitrogens with one attached hydrogen (secondary N) is 1. The number of phenols is 1. The van der Waals surface area contributed by atoms with E-state index in [-0.39, 0.29) is 23.2 Å². The first-order valence-electron chi connectivity index (χ1n) is 14.0. The number of hydrogen-bond acceptors (Lipinski definition) is 6. The van der Waals surface area contributed by atoms with E-state index in [1.54, 1.807) is 18.3 Å². The van der Waals surface area contributed by atoms with Gasteiger partial charge in [-0.1, -0.05) is 24.3 Å². The summed E-state index contributed by atoms with van der Waals surface area (Å²) in [5.74, 6) is -1.24. The van der Waals surface area contributed by atoms with Crippen molar-refractivity contribution in [1.29, 1.82) is 0 Å². The van der Waals surface area contributed by atoms with Gasteiger partial charge in [0.2, 0.25) is 0 Å². The molecule has 4 aromatic rings. The lowest BCUT2D eigenvalue weighted by molar-refractivity contribution is 0.0497. The maximum absolute atomic E-state index is 14.6. The quantitative estimate of drug-likeness (QED) is 0.259. The zero-order valence-corrected chi connectivity index (χ0v) is 24.2. The molecule has 0 aliphatic carbocycles. The Kier molecular flexibility index (Phi) is 7.77. The van der Waals surface area contributed by atoms with Crippen LogP contribution in [0.4, 0.5) is 14.9 Å². The van der Waals surface area contributed by atoms with Crippen LogP contribution in [0.1, 0.15) is 49.5 Å². The Bertz CT molecular complexity index is 1650. The van der Waals surface area contributed by atoms with E-state index < -0.39 is 17.6 Å². The predicted octanol–water partition coefficient (Wildman–Crippen LogP) is 6.31. The summed E-state index contributed by atoms with van der Waals surface area (Å²) in [7, 11) is 0. The molecule has 1 aliphatic heterocycles. The number of carbonyl (C=O) groups excluding carboxylic acids is 2. The van der Waals surface area contributed by atoms with Gasteiger partial charge in [-0.3, -0.25) is 9.78 Å². The third-order valence-electron chi connectivity index (χ3n) is 7.34. The standard InChI is InChI=1S/C33H35FN4O4/c1-19-14-21(16-22(34)15-19)27-18-36-28-9-8-20(24-6-5-7-25(30(24)39)31(35)40)17-26(28)29(27)38-12-10-23(11-13-38)37-32(41)42-33(2,3)4/h5-9,14-18,23,39H,10-13H2,1-4H3,(H2,35,40)(H,37,41). The molecular formula is C33H35FN4O4. The molecular weight excluding hydrogens is 535 g/mol. The van der Waals surface area contributed by atoms with Gasteiger partial charge in [0.05, 0.1) is 16.8 Å². The van der Waals surface area contributed by atoms with Gasteiger partial charge in [0, 0.05) is 41.8 Å². The number of aryl methyl sites for hydroxylation is 1. The number of aromatic nitrogens is 1. The van der Waals surface area contributed by atoms with Gasteiger partial charge in [0.1, 0.15) is 17.2 Å². The molecule has 1 aromatic heterocycles. The van der Waals surface area contributed by atoms with Gasteiger partial charge in [-0.05, 0) is 87.6 Å². The van der Waals surface area contributed by atoms with E-state index in [0.717, 1.165) is 27.7 Å². The summed E-state index contributed by atoms with van der Waals surface area (Å²) >= 11 is 0. The fraction of sp³-hybridized carbons (Fsp3) is 0.303. The van der Waals surface area contributed by atoms with Crippen molar-refractivity contribution in [3.63, 3.8) is 0 Å². The second-order valence-corrected chi connectivity index (χ2v) is 11.7. The molecule has 9 heteroatoms. The summed E-state index contributed by atoms with van der Waals surface area (Å²) in [5, 5.41) is 14.7. The van der Waals surface area contributed by atoms with Crippen LogP contribution in [0.2, 0.25) is 0 Å². The molecule has 2 heterocycles. The number of alkyl carbamates (subject to hydrolysis) is 1. The fourth-order valence-electron chi connectivity index (χ4n) is 5.49. The minimum absolute atomic E-state index is 0.0366. The van der Waals surface area contributed by atoms with Gasteiger partial charge < -0.3 is 25.8 Å². The second kappa shape index (κ2) is 11.3. The molecule has 0 unspecified atom stereocenters. The van der Waals surface area contributed by atoms with Crippen molar-refractivity contribution in [3.05, 3.63) is 77.7 Å². The number of para-hydroxylation sites is 1. The van der Waals surface area contributed by atoms with Crippen LogP contribution in [-0.4, -0.2) is 46.8 Å². The highest BCUT2D eigenvalue weighted by molar-refractivity contribution is 6.03. The Morgan fingerprint density at radius 2 is 1.79 bits per heavy atom. The number of hydrogen-bond donors (Lipinski definition) is 3. The molecule has 5 rings (SSSR count). The van der Waals surface area contributed by atoms with Crippen LogP contribution in [0.3, 0.4) is 0 Å². The van der Waals surface area contributed by atoms with Crippen molar-refractivity contribution < 1.29 is 23.8 Å². The van der Waals surface area contributed by atoms with E-state index in [9.17, 15) is 19.1 Å². The highest BCUT2D eigenvalue weighted by Gasteiger charge is 2.27. The number of aromatic hydroxyl groups is 1. The lowest BCUT2D eigenvalue weighted by atomic mass is 9.94. The molecule has 0 spiro atoms. The maximum atomic E-state index is 14.6. The zero-order chi connectivity index (χ0) is 30.2. The molecule has 4 N–H and O–H groups in total. The third kappa shape index (κ3) is 6.15. The number of piperidine rings is 1.